The molecule has 3 rings (SSSR count). The van der Waals surface area contributed by atoms with Crippen LogP contribution in [0.3, 0.4) is 0 Å². The van der Waals surface area contributed by atoms with Crippen LogP contribution in [0.1, 0.15) is 18.0 Å². The predicted octanol–water partition coefficient (Wildman–Crippen LogP) is 2.61. The van der Waals surface area contributed by atoms with E-state index in [0.29, 0.717) is 19.4 Å². The van der Waals surface area contributed by atoms with E-state index in [1.807, 2.05) is 11.8 Å². The fourth-order valence-electron chi connectivity index (χ4n) is 2.81. The molecule has 0 radical (unpaired) electrons. The van der Waals surface area contributed by atoms with Gasteiger partial charge in [-0.3, -0.25) is 4.90 Å². The lowest BCUT2D eigenvalue weighted by molar-refractivity contribution is 0.173. The maximum absolute atomic E-state index is 6.03. The van der Waals surface area contributed by atoms with Gasteiger partial charge in [-0.2, -0.15) is 11.8 Å². The van der Waals surface area contributed by atoms with Gasteiger partial charge in [-0.1, -0.05) is 0 Å². The molecule has 0 saturated carbocycles. The van der Waals surface area contributed by atoms with Crippen LogP contribution >= 0.6 is 27.7 Å². The predicted molar refractivity (Wildman–Crippen MR) is 85.6 cm³/mol. The number of halogens is 1. The van der Waals surface area contributed by atoms with Crippen LogP contribution in [0.5, 0.6) is 11.5 Å². The van der Waals surface area contributed by atoms with E-state index in [1.54, 1.807) is 0 Å². The van der Waals surface area contributed by atoms with Crippen LogP contribution in [-0.4, -0.2) is 42.8 Å². The molecule has 6 heteroatoms. The van der Waals surface area contributed by atoms with Crippen molar-refractivity contribution in [2.45, 2.75) is 18.5 Å². The van der Waals surface area contributed by atoms with E-state index in [0.717, 1.165) is 16.0 Å². The highest BCUT2D eigenvalue weighted by Crippen LogP contribution is 2.42. The van der Waals surface area contributed by atoms with Gasteiger partial charge >= 0.3 is 0 Å². The highest BCUT2D eigenvalue weighted by Gasteiger charge is 2.28. The van der Waals surface area contributed by atoms with Crippen LogP contribution in [0.4, 0.5) is 0 Å². The number of thioether (sulfide) groups is 1. The van der Waals surface area contributed by atoms with Crippen molar-refractivity contribution in [2.24, 2.45) is 5.73 Å². The number of nitrogens with two attached hydrogens (primary N) is 1. The average molecular weight is 359 g/mol. The first-order valence-electron chi connectivity index (χ1n) is 6.79. The molecule has 2 heterocycles. The molecule has 110 valence electrons. The molecular weight excluding hydrogens is 340 g/mol. The Bertz CT molecular complexity index is 494. The SMILES string of the molecule is CN(C1CCSC1)C(CN)c1cc(Br)c2c(c1)OCO2. The van der Waals surface area contributed by atoms with Crippen LogP contribution in [-0.2, 0) is 0 Å². The summed E-state index contributed by atoms with van der Waals surface area (Å²) in [6.07, 6.45) is 1.24. The van der Waals surface area contributed by atoms with E-state index >= 15 is 0 Å². The molecule has 2 aliphatic heterocycles. The highest BCUT2D eigenvalue weighted by molar-refractivity contribution is 9.10. The number of nitrogens with zero attached hydrogens (tertiary/aromatic N) is 1. The summed E-state index contributed by atoms with van der Waals surface area (Å²) in [6, 6.07) is 4.98. The first-order chi connectivity index (χ1) is 9.70. The van der Waals surface area contributed by atoms with Gasteiger partial charge in [0.1, 0.15) is 0 Å². The van der Waals surface area contributed by atoms with Crippen LogP contribution in [0.2, 0.25) is 0 Å². The first kappa shape index (κ1) is 14.5. The van der Waals surface area contributed by atoms with Gasteiger partial charge in [0, 0.05) is 24.4 Å². The number of likely N-dealkylation sites (N-methyl/N-ethyl adjacent to an activating group) is 1. The van der Waals surface area contributed by atoms with Crippen LogP contribution < -0.4 is 15.2 Å². The Morgan fingerprint density at radius 2 is 2.35 bits per heavy atom. The van der Waals surface area contributed by atoms with Crippen molar-refractivity contribution in [3.05, 3.63) is 22.2 Å². The van der Waals surface area contributed by atoms with Crippen LogP contribution in [0.25, 0.3) is 0 Å². The summed E-state index contributed by atoms with van der Waals surface area (Å²) in [5, 5.41) is 0. The van der Waals surface area contributed by atoms with Crippen molar-refractivity contribution in [3.8, 4) is 11.5 Å². The summed E-state index contributed by atoms with van der Waals surface area (Å²) in [7, 11) is 2.17. The second-order valence-electron chi connectivity index (χ2n) is 5.17. The highest BCUT2D eigenvalue weighted by atomic mass is 79.9. The molecule has 1 fully saturated rings. The number of ether oxygens (including phenoxy) is 2. The Labute approximate surface area is 132 Å². The minimum absolute atomic E-state index is 0.212. The lowest BCUT2D eigenvalue weighted by atomic mass is 10.0. The zero-order valence-corrected chi connectivity index (χ0v) is 13.9. The van der Waals surface area contributed by atoms with Gasteiger partial charge in [0.2, 0.25) is 6.79 Å². The van der Waals surface area contributed by atoms with Crippen molar-refractivity contribution in [1.82, 2.24) is 4.90 Å². The quantitative estimate of drug-likeness (QED) is 0.896. The summed E-state index contributed by atoms with van der Waals surface area (Å²) in [6.45, 7) is 0.892. The second-order valence-corrected chi connectivity index (χ2v) is 7.18. The van der Waals surface area contributed by atoms with Gasteiger partial charge in [-0.05, 0) is 52.8 Å². The number of benzene rings is 1. The third-order valence-corrected chi connectivity index (χ3v) is 5.76. The molecular formula is C14H19BrN2O2S. The normalized spacial score (nSPS) is 22.5. The summed E-state index contributed by atoms with van der Waals surface area (Å²) >= 11 is 5.58. The Kier molecular flexibility index (Phi) is 4.45. The molecule has 0 amide bonds. The van der Waals surface area contributed by atoms with Crippen molar-refractivity contribution >= 4 is 27.7 Å². The third-order valence-electron chi connectivity index (χ3n) is 4.03. The van der Waals surface area contributed by atoms with Gasteiger partial charge in [0.25, 0.3) is 0 Å². The van der Waals surface area contributed by atoms with Crippen molar-refractivity contribution in [1.29, 1.82) is 0 Å². The number of rotatable bonds is 4. The van der Waals surface area contributed by atoms with E-state index in [2.05, 4.69) is 40.0 Å². The molecule has 4 nitrogen and oxygen atoms in total. The maximum Gasteiger partial charge on any atom is 0.231 e. The Balaban J connectivity index is 1.87. The fraction of sp³-hybridized carbons (Fsp3) is 0.571. The Morgan fingerprint density at radius 3 is 3.05 bits per heavy atom. The maximum atomic E-state index is 6.03. The molecule has 20 heavy (non-hydrogen) atoms. The number of hydrogen-bond acceptors (Lipinski definition) is 5. The van der Waals surface area contributed by atoms with Crippen molar-refractivity contribution in [2.75, 3.05) is 31.9 Å². The lowest BCUT2D eigenvalue weighted by Crippen LogP contribution is -2.38. The molecule has 0 aliphatic carbocycles. The molecule has 2 N–H and O–H groups in total. The monoisotopic (exact) mass is 358 g/mol. The molecule has 1 aromatic carbocycles. The Morgan fingerprint density at radius 1 is 1.50 bits per heavy atom. The largest absolute Gasteiger partial charge is 0.454 e. The lowest BCUT2D eigenvalue weighted by Gasteiger charge is -2.32. The average Bonchev–Trinajstić information content (AvgIpc) is 3.10. The van der Waals surface area contributed by atoms with Crippen LogP contribution in [0.15, 0.2) is 16.6 Å². The molecule has 2 unspecified atom stereocenters. The summed E-state index contributed by atoms with van der Waals surface area (Å²) in [5.74, 6) is 4.04. The van der Waals surface area contributed by atoms with Gasteiger partial charge in [-0.15, -0.1) is 0 Å². The van der Waals surface area contributed by atoms with Gasteiger partial charge in [0.05, 0.1) is 4.47 Å². The molecule has 2 atom stereocenters. The fourth-order valence-corrected chi connectivity index (χ4v) is 4.67. The zero-order valence-electron chi connectivity index (χ0n) is 11.5. The third kappa shape index (κ3) is 2.66. The van der Waals surface area contributed by atoms with E-state index < -0.39 is 0 Å². The van der Waals surface area contributed by atoms with E-state index in [9.17, 15) is 0 Å². The van der Waals surface area contributed by atoms with Gasteiger partial charge < -0.3 is 15.2 Å². The summed E-state index contributed by atoms with van der Waals surface area (Å²) in [4.78, 5) is 2.41. The molecule has 2 aliphatic rings. The minimum Gasteiger partial charge on any atom is -0.454 e. The van der Waals surface area contributed by atoms with E-state index in [4.69, 9.17) is 15.2 Å². The Hall–Kier alpha value is -0.430. The topological polar surface area (TPSA) is 47.7 Å². The molecule has 0 aromatic heterocycles. The molecule has 0 spiro atoms. The summed E-state index contributed by atoms with van der Waals surface area (Å²) < 4.78 is 11.9. The van der Waals surface area contributed by atoms with Crippen molar-refractivity contribution in [3.63, 3.8) is 0 Å². The second kappa shape index (κ2) is 6.13. The zero-order chi connectivity index (χ0) is 14.1. The number of hydrogen-bond donors (Lipinski definition) is 1. The van der Waals surface area contributed by atoms with E-state index in [-0.39, 0.29) is 6.04 Å². The molecule has 1 saturated heterocycles. The minimum atomic E-state index is 0.212. The van der Waals surface area contributed by atoms with E-state index in [1.165, 1.54) is 23.5 Å². The standard InChI is InChI=1S/C14H19BrN2O2S/c1-17(10-2-3-20-7-10)12(6-16)9-4-11(15)14-13(5-9)18-8-19-14/h4-5,10,12H,2-3,6-8,16H2,1H3. The van der Waals surface area contributed by atoms with Crippen LogP contribution in [0, 0.1) is 0 Å². The molecule has 1 aromatic rings. The summed E-state index contributed by atoms with van der Waals surface area (Å²) in [5.41, 5.74) is 7.22. The van der Waals surface area contributed by atoms with Gasteiger partial charge in [0.15, 0.2) is 11.5 Å². The van der Waals surface area contributed by atoms with Gasteiger partial charge in [-0.25, -0.2) is 0 Å². The molecule has 0 bridgehead atoms. The smallest absolute Gasteiger partial charge is 0.231 e. The number of fused-ring (bicyclic) bond motifs is 1. The van der Waals surface area contributed by atoms with Crippen molar-refractivity contribution < 1.29 is 9.47 Å². The first-order valence-corrected chi connectivity index (χ1v) is 8.74.